The van der Waals surface area contributed by atoms with Crippen LogP contribution in [0.15, 0.2) is 36.7 Å². The Labute approximate surface area is 146 Å². The van der Waals surface area contributed by atoms with Gasteiger partial charge in [0.15, 0.2) is 0 Å². The summed E-state index contributed by atoms with van der Waals surface area (Å²) in [5.41, 5.74) is 2.58. The molecule has 0 spiro atoms. The van der Waals surface area contributed by atoms with Crippen LogP contribution in [0, 0.1) is 18.7 Å². The van der Waals surface area contributed by atoms with Crippen molar-refractivity contribution in [2.24, 2.45) is 5.92 Å². The second-order valence-electron chi connectivity index (χ2n) is 6.44. The minimum atomic E-state index is -0.318. The molecule has 0 bridgehead atoms. The predicted molar refractivity (Wildman–Crippen MR) is 91.5 cm³/mol. The number of benzene rings is 1. The Kier molecular flexibility index (Phi) is 5.71. The maximum atomic E-state index is 13.3. The van der Waals surface area contributed by atoms with Crippen molar-refractivity contribution in [2.45, 2.75) is 19.8 Å². The van der Waals surface area contributed by atoms with E-state index in [0.29, 0.717) is 31.9 Å². The minimum absolute atomic E-state index is 0.0000296. The monoisotopic (exact) mass is 343 g/mol. The molecular weight excluding hydrogens is 321 g/mol. The molecule has 1 aromatic carbocycles. The second kappa shape index (κ2) is 8.16. The summed E-state index contributed by atoms with van der Waals surface area (Å²) in [5.74, 6) is -0.130. The summed E-state index contributed by atoms with van der Waals surface area (Å²) >= 11 is 0. The van der Waals surface area contributed by atoms with Crippen LogP contribution in [0.3, 0.4) is 0 Å². The van der Waals surface area contributed by atoms with E-state index in [1.165, 1.54) is 12.1 Å². The molecule has 1 aromatic heterocycles. The molecule has 1 unspecified atom stereocenters. The predicted octanol–water partition coefficient (Wildman–Crippen LogP) is 2.18. The summed E-state index contributed by atoms with van der Waals surface area (Å²) in [6, 6.07) is 8.16. The molecule has 1 fully saturated rings. The molecule has 0 saturated carbocycles. The largest absolute Gasteiger partial charge is 0.379 e. The standard InChI is InChI=1S/C19H22FN3O2/c1-14-7-18(22-13-21-14)9-16-11-23(5-6-25-12-16)19(24)10-15-3-2-4-17(20)8-15/h2-4,7-8,13,16H,5-6,9-12H2,1H3. The molecule has 6 heteroatoms. The van der Waals surface area contributed by atoms with Crippen LogP contribution in [0.5, 0.6) is 0 Å². The SMILES string of the molecule is Cc1cc(CC2COCCN(C(=O)Cc3cccc(F)c3)C2)ncn1. The van der Waals surface area contributed by atoms with Crippen molar-refractivity contribution in [3.8, 4) is 0 Å². The summed E-state index contributed by atoms with van der Waals surface area (Å²) in [4.78, 5) is 22.8. The van der Waals surface area contributed by atoms with Crippen LogP contribution < -0.4 is 0 Å². The number of carbonyl (C=O) groups is 1. The molecule has 25 heavy (non-hydrogen) atoms. The van der Waals surface area contributed by atoms with Gasteiger partial charge in [0, 0.05) is 30.4 Å². The number of amides is 1. The minimum Gasteiger partial charge on any atom is -0.379 e. The average molecular weight is 343 g/mol. The molecule has 1 amide bonds. The normalized spacial score (nSPS) is 18.0. The molecule has 0 N–H and O–H groups in total. The fraction of sp³-hybridized carbons (Fsp3) is 0.421. The van der Waals surface area contributed by atoms with E-state index in [9.17, 15) is 9.18 Å². The fourth-order valence-electron chi connectivity index (χ4n) is 3.08. The molecule has 2 heterocycles. The van der Waals surface area contributed by atoms with Gasteiger partial charge in [0.2, 0.25) is 5.91 Å². The second-order valence-corrected chi connectivity index (χ2v) is 6.44. The Balaban J connectivity index is 1.63. The number of halogens is 1. The Morgan fingerprint density at radius 3 is 3.04 bits per heavy atom. The fourth-order valence-corrected chi connectivity index (χ4v) is 3.08. The summed E-state index contributed by atoms with van der Waals surface area (Å²) in [7, 11) is 0. The highest BCUT2D eigenvalue weighted by atomic mass is 19.1. The molecule has 132 valence electrons. The number of aryl methyl sites for hydroxylation is 1. The van der Waals surface area contributed by atoms with Crippen molar-refractivity contribution in [1.82, 2.24) is 14.9 Å². The number of hydrogen-bond acceptors (Lipinski definition) is 4. The quantitative estimate of drug-likeness (QED) is 0.854. The first-order valence-corrected chi connectivity index (χ1v) is 8.47. The lowest BCUT2D eigenvalue weighted by Gasteiger charge is -2.23. The van der Waals surface area contributed by atoms with Gasteiger partial charge in [-0.1, -0.05) is 12.1 Å². The number of aromatic nitrogens is 2. The first-order chi connectivity index (χ1) is 12.1. The molecule has 0 aliphatic carbocycles. The van der Waals surface area contributed by atoms with E-state index in [4.69, 9.17) is 4.74 Å². The number of rotatable bonds is 4. The highest BCUT2D eigenvalue weighted by Crippen LogP contribution is 2.15. The van der Waals surface area contributed by atoms with Crippen LogP contribution in [-0.4, -0.2) is 47.1 Å². The van der Waals surface area contributed by atoms with Crippen LogP contribution >= 0.6 is 0 Å². The smallest absolute Gasteiger partial charge is 0.227 e. The lowest BCUT2D eigenvalue weighted by molar-refractivity contribution is -0.130. The van der Waals surface area contributed by atoms with E-state index in [2.05, 4.69) is 9.97 Å². The number of hydrogen-bond donors (Lipinski definition) is 0. The van der Waals surface area contributed by atoms with Crippen LogP contribution in [0.2, 0.25) is 0 Å². The number of nitrogens with zero attached hydrogens (tertiary/aromatic N) is 3. The van der Waals surface area contributed by atoms with Crippen molar-refractivity contribution >= 4 is 5.91 Å². The topological polar surface area (TPSA) is 55.3 Å². The van der Waals surface area contributed by atoms with Crippen LogP contribution in [0.1, 0.15) is 17.0 Å². The van der Waals surface area contributed by atoms with E-state index < -0.39 is 0 Å². The maximum Gasteiger partial charge on any atom is 0.227 e. The third-order valence-corrected chi connectivity index (χ3v) is 4.29. The van der Waals surface area contributed by atoms with E-state index in [1.807, 2.05) is 17.9 Å². The van der Waals surface area contributed by atoms with Crippen LogP contribution in [-0.2, 0) is 22.4 Å². The Bertz CT molecular complexity index is 738. The van der Waals surface area contributed by atoms with Gasteiger partial charge in [-0.3, -0.25) is 4.79 Å². The van der Waals surface area contributed by atoms with E-state index in [1.54, 1.807) is 18.5 Å². The molecule has 3 rings (SSSR count). The Morgan fingerprint density at radius 1 is 1.36 bits per heavy atom. The van der Waals surface area contributed by atoms with Crippen molar-refractivity contribution in [1.29, 1.82) is 0 Å². The zero-order valence-electron chi connectivity index (χ0n) is 14.3. The summed E-state index contributed by atoms with van der Waals surface area (Å²) in [5, 5.41) is 0. The highest BCUT2D eigenvalue weighted by molar-refractivity contribution is 5.78. The zero-order valence-corrected chi connectivity index (χ0v) is 14.3. The summed E-state index contributed by atoms with van der Waals surface area (Å²) in [6.07, 6.45) is 2.51. The molecule has 1 aliphatic heterocycles. The molecule has 0 radical (unpaired) electrons. The van der Waals surface area contributed by atoms with Gasteiger partial charge in [-0.15, -0.1) is 0 Å². The van der Waals surface area contributed by atoms with Gasteiger partial charge >= 0.3 is 0 Å². The molecule has 2 aromatic rings. The van der Waals surface area contributed by atoms with E-state index in [-0.39, 0.29) is 24.1 Å². The van der Waals surface area contributed by atoms with Crippen molar-refractivity contribution in [2.75, 3.05) is 26.3 Å². The Hall–Kier alpha value is -2.34. The van der Waals surface area contributed by atoms with Crippen molar-refractivity contribution < 1.29 is 13.9 Å². The van der Waals surface area contributed by atoms with Gasteiger partial charge in [-0.2, -0.15) is 0 Å². The molecule has 1 saturated heterocycles. The van der Waals surface area contributed by atoms with Crippen molar-refractivity contribution in [3.05, 3.63) is 59.4 Å². The van der Waals surface area contributed by atoms with Crippen LogP contribution in [0.4, 0.5) is 4.39 Å². The Morgan fingerprint density at radius 2 is 2.24 bits per heavy atom. The average Bonchev–Trinajstić information content (AvgIpc) is 2.80. The van der Waals surface area contributed by atoms with Gasteiger partial charge in [-0.25, -0.2) is 14.4 Å². The molecule has 5 nitrogen and oxygen atoms in total. The third-order valence-electron chi connectivity index (χ3n) is 4.29. The number of carbonyl (C=O) groups excluding carboxylic acids is 1. The van der Waals surface area contributed by atoms with Gasteiger partial charge in [-0.05, 0) is 37.1 Å². The summed E-state index contributed by atoms with van der Waals surface area (Å²) in [6.45, 7) is 4.25. The highest BCUT2D eigenvalue weighted by Gasteiger charge is 2.23. The van der Waals surface area contributed by atoms with E-state index in [0.717, 1.165) is 17.8 Å². The molecule has 1 atom stereocenters. The van der Waals surface area contributed by atoms with Crippen molar-refractivity contribution in [3.63, 3.8) is 0 Å². The number of ether oxygens (including phenoxy) is 1. The first-order valence-electron chi connectivity index (χ1n) is 8.47. The van der Waals surface area contributed by atoms with E-state index >= 15 is 0 Å². The lowest BCUT2D eigenvalue weighted by Crippen LogP contribution is -2.37. The van der Waals surface area contributed by atoms with Gasteiger partial charge < -0.3 is 9.64 Å². The van der Waals surface area contributed by atoms with Gasteiger partial charge in [0.1, 0.15) is 12.1 Å². The summed E-state index contributed by atoms with van der Waals surface area (Å²) < 4.78 is 19.0. The molecule has 1 aliphatic rings. The van der Waals surface area contributed by atoms with Crippen LogP contribution in [0.25, 0.3) is 0 Å². The zero-order chi connectivity index (χ0) is 17.6. The maximum absolute atomic E-state index is 13.3. The van der Waals surface area contributed by atoms with Gasteiger partial charge in [0.25, 0.3) is 0 Å². The molecular formula is C19H22FN3O2. The van der Waals surface area contributed by atoms with Gasteiger partial charge in [0.05, 0.1) is 19.6 Å². The lowest BCUT2D eigenvalue weighted by atomic mass is 10.0. The third kappa shape index (κ3) is 5.06. The first kappa shape index (κ1) is 17.5.